The van der Waals surface area contributed by atoms with Crippen LogP contribution in [0.25, 0.3) is 0 Å². The number of rotatable bonds is 4. The van der Waals surface area contributed by atoms with Crippen molar-refractivity contribution in [1.82, 2.24) is 9.78 Å². The Morgan fingerprint density at radius 1 is 1.61 bits per heavy atom. The minimum absolute atomic E-state index is 0.479. The second kappa shape index (κ2) is 5.74. The predicted octanol–water partition coefficient (Wildman–Crippen LogP) is 3.96. The highest BCUT2D eigenvalue weighted by Gasteiger charge is 2.19. The van der Waals surface area contributed by atoms with Crippen LogP contribution in [0.1, 0.15) is 29.3 Å². The van der Waals surface area contributed by atoms with Gasteiger partial charge in [0.25, 0.3) is 0 Å². The highest BCUT2D eigenvalue weighted by Crippen LogP contribution is 2.33. The Morgan fingerprint density at radius 3 is 2.89 bits per heavy atom. The summed E-state index contributed by atoms with van der Waals surface area (Å²) >= 11 is 11.2. The van der Waals surface area contributed by atoms with E-state index in [4.69, 9.17) is 11.6 Å². The van der Waals surface area contributed by atoms with E-state index in [1.165, 1.54) is 11.3 Å². The number of thiophene rings is 1. The van der Waals surface area contributed by atoms with Crippen molar-refractivity contribution in [3.63, 3.8) is 0 Å². The van der Waals surface area contributed by atoms with Crippen LogP contribution in [0.3, 0.4) is 0 Å². The Hall–Kier alpha value is -0.360. The molecule has 1 unspecified atom stereocenters. The van der Waals surface area contributed by atoms with Gasteiger partial charge in [-0.2, -0.15) is 5.10 Å². The summed E-state index contributed by atoms with van der Waals surface area (Å²) in [6, 6.07) is 1.94. The van der Waals surface area contributed by atoms with Crippen molar-refractivity contribution in [2.24, 2.45) is 0 Å². The molecule has 0 saturated heterocycles. The minimum Gasteiger partial charge on any atom is -0.387 e. The first kappa shape index (κ1) is 14.1. The van der Waals surface area contributed by atoms with Crippen LogP contribution in [0.5, 0.6) is 0 Å². The number of nitrogens with zero attached hydrogens (tertiary/aromatic N) is 2. The van der Waals surface area contributed by atoms with E-state index in [1.807, 2.05) is 30.0 Å². The second-order valence-electron chi connectivity index (χ2n) is 4.01. The van der Waals surface area contributed by atoms with Crippen molar-refractivity contribution in [2.75, 3.05) is 0 Å². The Kier molecular flexibility index (Phi) is 4.48. The summed E-state index contributed by atoms with van der Waals surface area (Å²) in [5, 5.41) is 17.2. The summed E-state index contributed by atoms with van der Waals surface area (Å²) in [7, 11) is 0. The lowest BCUT2D eigenvalue weighted by atomic mass is 10.1. The normalized spacial score (nSPS) is 12.9. The molecule has 0 aliphatic rings. The number of aliphatic hydroxyl groups excluding tert-OH is 1. The van der Waals surface area contributed by atoms with Crippen LogP contribution in [0.2, 0.25) is 5.02 Å². The zero-order chi connectivity index (χ0) is 13.3. The SMILES string of the molecule is CCn1nc(C)c(Cl)c1CC(O)c1sccc1Br. The van der Waals surface area contributed by atoms with Gasteiger partial charge in [0.15, 0.2) is 0 Å². The maximum absolute atomic E-state index is 10.3. The van der Waals surface area contributed by atoms with Crippen LogP contribution in [-0.4, -0.2) is 14.9 Å². The maximum atomic E-state index is 10.3. The topological polar surface area (TPSA) is 38.0 Å². The first-order valence-electron chi connectivity index (χ1n) is 5.67. The van der Waals surface area contributed by atoms with Gasteiger partial charge in [0.2, 0.25) is 0 Å². The number of aromatic nitrogens is 2. The molecule has 0 radical (unpaired) electrons. The van der Waals surface area contributed by atoms with E-state index < -0.39 is 6.10 Å². The molecule has 2 heterocycles. The van der Waals surface area contributed by atoms with Crippen molar-refractivity contribution >= 4 is 38.9 Å². The summed E-state index contributed by atoms with van der Waals surface area (Å²) in [4.78, 5) is 0.924. The predicted molar refractivity (Wildman–Crippen MR) is 78.3 cm³/mol. The van der Waals surface area contributed by atoms with E-state index in [-0.39, 0.29) is 0 Å². The number of aliphatic hydroxyl groups is 1. The summed E-state index contributed by atoms with van der Waals surface area (Å²) < 4.78 is 2.79. The molecular formula is C12H14BrClN2OS. The molecule has 2 aromatic heterocycles. The van der Waals surface area contributed by atoms with Gasteiger partial charge >= 0.3 is 0 Å². The summed E-state index contributed by atoms with van der Waals surface area (Å²) in [6.45, 7) is 4.65. The lowest BCUT2D eigenvalue weighted by Gasteiger charge is -2.11. The van der Waals surface area contributed by atoms with Crippen LogP contribution < -0.4 is 0 Å². The molecule has 0 saturated carbocycles. The summed E-state index contributed by atoms with van der Waals surface area (Å²) in [5.41, 5.74) is 1.70. The quantitative estimate of drug-likeness (QED) is 0.907. The van der Waals surface area contributed by atoms with Gasteiger partial charge in [0.05, 0.1) is 22.5 Å². The third-order valence-electron chi connectivity index (χ3n) is 2.79. The second-order valence-corrected chi connectivity index (χ2v) is 6.19. The minimum atomic E-state index is -0.557. The molecule has 1 atom stereocenters. The molecule has 0 amide bonds. The molecule has 6 heteroatoms. The first-order valence-corrected chi connectivity index (χ1v) is 7.72. The van der Waals surface area contributed by atoms with Gasteiger partial charge in [-0.15, -0.1) is 11.3 Å². The summed E-state index contributed by atoms with van der Waals surface area (Å²) in [6.07, 6.45) is -0.0784. The number of aryl methyl sites for hydroxylation is 2. The van der Waals surface area contributed by atoms with Gasteiger partial charge in [-0.3, -0.25) is 4.68 Å². The van der Waals surface area contributed by atoms with Gasteiger partial charge < -0.3 is 5.11 Å². The third kappa shape index (κ3) is 2.64. The molecule has 0 aromatic carbocycles. The van der Waals surface area contributed by atoms with Crippen LogP contribution in [0.15, 0.2) is 15.9 Å². The van der Waals surface area contributed by atoms with Crippen molar-refractivity contribution in [2.45, 2.75) is 32.9 Å². The fourth-order valence-corrected chi connectivity index (χ4v) is 3.72. The highest BCUT2D eigenvalue weighted by molar-refractivity contribution is 9.10. The Morgan fingerprint density at radius 2 is 2.33 bits per heavy atom. The van der Waals surface area contributed by atoms with Gasteiger partial charge in [0.1, 0.15) is 0 Å². The van der Waals surface area contributed by atoms with E-state index in [1.54, 1.807) is 0 Å². The molecular weight excluding hydrogens is 336 g/mol. The zero-order valence-corrected chi connectivity index (χ0v) is 13.3. The molecule has 3 nitrogen and oxygen atoms in total. The van der Waals surface area contributed by atoms with Crippen molar-refractivity contribution in [1.29, 1.82) is 0 Å². The van der Waals surface area contributed by atoms with Gasteiger partial charge in [0, 0.05) is 22.3 Å². The lowest BCUT2D eigenvalue weighted by Crippen LogP contribution is -2.08. The molecule has 0 aliphatic heterocycles. The van der Waals surface area contributed by atoms with Gasteiger partial charge in [-0.25, -0.2) is 0 Å². The average Bonchev–Trinajstić information content (AvgIpc) is 2.87. The number of halogens is 2. The van der Waals surface area contributed by atoms with E-state index >= 15 is 0 Å². The fraction of sp³-hybridized carbons (Fsp3) is 0.417. The monoisotopic (exact) mass is 348 g/mol. The highest BCUT2D eigenvalue weighted by atomic mass is 79.9. The molecule has 2 rings (SSSR count). The molecule has 0 bridgehead atoms. The van der Waals surface area contributed by atoms with Crippen LogP contribution >= 0.6 is 38.9 Å². The molecule has 0 fully saturated rings. The number of hydrogen-bond donors (Lipinski definition) is 1. The van der Waals surface area contributed by atoms with Crippen LogP contribution in [0.4, 0.5) is 0 Å². The summed E-state index contributed by atoms with van der Waals surface area (Å²) in [5.74, 6) is 0. The van der Waals surface area contributed by atoms with E-state index in [2.05, 4.69) is 21.0 Å². The lowest BCUT2D eigenvalue weighted by molar-refractivity contribution is 0.178. The molecule has 0 spiro atoms. The zero-order valence-electron chi connectivity index (χ0n) is 10.2. The van der Waals surface area contributed by atoms with Crippen LogP contribution in [-0.2, 0) is 13.0 Å². The standard InChI is InChI=1S/C12H14BrClN2OS/c1-3-16-9(11(14)7(2)15-16)6-10(17)12-8(13)4-5-18-12/h4-5,10,17H,3,6H2,1-2H3. The van der Waals surface area contributed by atoms with E-state index in [9.17, 15) is 5.11 Å². The van der Waals surface area contributed by atoms with Crippen molar-refractivity contribution in [3.8, 4) is 0 Å². The van der Waals surface area contributed by atoms with Crippen LogP contribution in [0, 0.1) is 6.92 Å². The molecule has 98 valence electrons. The van der Waals surface area contributed by atoms with Crippen molar-refractivity contribution in [3.05, 3.63) is 37.2 Å². The fourth-order valence-electron chi connectivity index (χ4n) is 1.88. The third-order valence-corrected chi connectivity index (χ3v) is 5.25. The molecule has 2 aromatic rings. The Labute approximate surface area is 124 Å². The Bertz CT molecular complexity index is 552. The first-order chi connectivity index (χ1) is 8.54. The number of hydrogen-bond acceptors (Lipinski definition) is 3. The van der Waals surface area contributed by atoms with Gasteiger partial charge in [-0.05, 0) is 41.2 Å². The molecule has 1 N–H and O–H groups in total. The van der Waals surface area contributed by atoms with Crippen molar-refractivity contribution < 1.29 is 5.11 Å². The maximum Gasteiger partial charge on any atom is 0.0949 e. The Balaban J connectivity index is 2.27. The smallest absolute Gasteiger partial charge is 0.0949 e. The van der Waals surface area contributed by atoms with E-state index in [0.29, 0.717) is 11.4 Å². The van der Waals surface area contributed by atoms with E-state index in [0.717, 1.165) is 27.3 Å². The van der Waals surface area contributed by atoms with Gasteiger partial charge in [-0.1, -0.05) is 11.6 Å². The largest absolute Gasteiger partial charge is 0.387 e. The average molecular weight is 350 g/mol. The molecule has 18 heavy (non-hydrogen) atoms. The molecule has 0 aliphatic carbocycles.